The van der Waals surface area contributed by atoms with Gasteiger partial charge in [0.15, 0.2) is 35.0 Å². The minimum atomic E-state index is -4.42. The van der Waals surface area contributed by atoms with Crippen LogP contribution in [0, 0.1) is 5.92 Å². The Balaban J connectivity index is 1.18. The van der Waals surface area contributed by atoms with Crippen molar-refractivity contribution in [1.29, 1.82) is 0 Å². The number of thiol groups is 1. The number of aromatic amines is 1. The summed E-state index contributed by atoms with van der Waals surface area (Å²) in [6.07, 6.45) is -6.38. The Morgan fingerprint density at radius 2 is 1.76 bits per heavy atom. The van der Waals surface area contributed by atoms with Crippen molar-refractivity contribution in [3.63, 3.8) is 0 Å². The summed E-state index contributed by atoms with van der Waals surface area (Å²) in [5.41, 5.74) is 11.2. The van der Waals surface area contributed by atoms with Crippen LogP contribution in [0.1, 0.15) is 18.9 Å². The van der Waals surface area contributed by atoms with E-state index in [1.165, 1.54) is 17.2 Å². The number of carbonyl (C=O) groups is 1. The molecule has 6 rings (SSSR count). The van der Waals surface area contributed by atoms with Crippen molar-refractivity contribution in [1.82, 2.24) is 39.0 Å². The van der Waals surface area contributed by atoms with Crippen molar-refractivity contribution in [3.05, 3.63) is 29.3 Å². The molecule has 45 heavy (non-hydrogen) atoms. The number of nitrogens with two attached hydrogens (primary N) is 2. The first kappa shape index (κ1) is 31.8. The van der Waals surface area contributed by atoms with Crippen molar-refractivity contribution in [2.45, 2.75) is 49.5 Å². The number of anilines is 2. The number of fused-ring (bicyclic) bond motifs is 2. The van der Waals surface area contributed by atoms with E-state index < -0.39 is 68.0 Å². The third-order valence-electron chi connectivity index (χ3n) is 7.38. The quantitative estimate of drug-likeness (QED) is 0.0977. The molecule has 23 heteroatoms. The first-order chi connectivity index (χ1) is 21.5. The molecule has 2 fully saturated rings. The molecule has 0 aromatic carbocycles. The predicted molar refractivity (Wildman–Crippen MR) is 157 cm³/mol. The van der Waals surface area contributed by atoms with E-state index in [1.54, 1.807) is 0 Å². The van der Waals surface area contributed by atoms with Crippen LogP contribution in [0.2, 0.25) is 0 Å². The Morgan fingerprint density at radius 3 is 2.49 bits per heavy atom. The molecule has 0 radical (unpaired) electrons. The molecule has 0 saturated carbocycles. The fourth-order valence-electron chi connectivity index (χ4n) is 5.36. The van der Waals surface area contributed by atoms with Gasteiger partial charge in [-0.05, 0) is 0 Å². The van der Waals surface area contributed by atoms with Crippen LogP contribution in [0.5, 0.6) is 0 Å². The second-order valence-corrected chi connectivity index (χ2v) is 13.3. The van der Waals surface area contributed by atoms with Crippen LogP contribution in [-0.2, 0) is 32.4 Å². The molecule has 0 amide bonds. The van der Waals surface area contributed by atoms with Crippen molar-refractivity contribution in [2.24, 2.45) is 5.92 Å². The highest BCUT2D eigenvalue weighted by Gasteiger charge is 2.51. The molecule has 0 aliphatic carbocycles. The largest absolute Gasteiger partial charge is 0.386 e. The molecule has 242 valence electrons. The predicted octanol–water partition coefficient (Wildman–Crippen LogP) is 1.05. The summed E-state index contributed by atoms with van der Waals surface area (Å²) in [5.74, 6) is -1.13. The monoisotopic (exact) mass is 690 g/mol. The van der Waals surface area contributed by atoms with Gasteiger partial charge in [-0.3, -0.25) is 28.0 Å². The van der Waals surface area contributed by atoms with Crippen molar-refractivity contribution in [2.75, 3.05) is 24.7 Å². The Kier molecular flexibility index (Phi) is 8.88. The number of aldehydes is 1. The molecule has 1 unspecified atom stereocenters. The minimum absolute atomic E-state index is 0.0629. The Morgan fingerprint density at radius 1 is 1.04 bits per heavy atom. The van der Waals surface area contributed by atoms with Gasteiger partial charge in [0, 0.05) is 21.8 Å². The number of imidazole rings is 2. The van der Waals surface area contributed by atoms with Gasteiger partial charge >= 0.3 is 6.80 Å². The number of rotatable bonds is 11. The van der Waals surface area contributed by atoms with E-state index in [2.05, 4.69) is 42.2 Å². The van der Waals surface area contributed by atoms with Crippen LogP contribution in [0.3, 0.4) is 0 Å². The average Bonchev–Trinajstić information content (AvgIpc) is 3.75. The summed E-state index contributed by atoms with van der Waals surface area (Å²) in [6, 6.07) is 0. The maximum Gasteiger partial charge on any atom is 0.386 e. The molecule has 0 bridgehead atoms. The summed E-state index contributed by atoms with van der Waals surface area (Å²) in [7, 11) is 1.98. The van der Waals surface area contributed by atoms with Crippen LogP contribution in [-0.4, -0.2) is 89.2 Å². The maximum atomic E-state index is 15.9. The molecular weight excluding hydrogens is 664 g/mol. The lowest BCUT2D eigenvalue weighted by Crippen LogP contribution is -2.33. The molecule has 6 heterocycles. The highest BCUT2D eigenvalue weighted by molar-refractivity contribution is 8.44. The molecule has 4 aromatic rings. The zero-order valence-electron chi connectivity index (χ0n) is 22.8. The van der Waals surface area contributed by atoms with Gasteiger partial charge in [0.05, 0.1) is 25.9 Å². The number of aromatic nitrogens is 8. The highest BCUT2D eigenvalue weighted by atomic mass is 32.7. The average molecular weight is 691 g/mol. The van der Waals surface area contributed by atoms with E-state index in [1.807, 2.05) is 9.47 Å². The number of hydrogen-bond acceptors (Lipinski definition) is 15. The van der Waals surface area contributed by atoms with Gasteiger partial charge in [-0.1, -0.05) is 12.2 Å². The van der Waals surface area contributed by atoms with Crippen LogP contribution < -0.4 is 17.0 Å². The number of carbonyl (C=O) groups excluding carboxylic acids is 1. The third kappa shape index (κ3) is 5.94. The van der Waals surface area contributed by atoms with Gasteiger partial charge in [0.25, 0.3) is 5.56 Å². The summed E-state index contributed by atoms with van der Waals surface area (Å²) >= 11 is 3.98. The maximum absolute atomic E-state index is 15.9. The zero-order chi connectivity index (χ0) is 32.0. The van der Waals surface area contributed by atoms with Crippen LogP contribution in [0.4, 0.5) is 20.5 Å². The van der Waals surface area contributed by atoms with Gasteiger partial charge in [-0.25, -0.2) is 33.3 Å². The summed E-state index contributed by atoms with van der Waals surface area (Å²) in [5, 5.41) is 0. The second-order valence-electron chi connectivity index (χ2n) is 10.1. The second kappa shape index (κ2) is 12.6. The summed E-state index contributed by atoms with van der Waals surface area (Å²) < 4.78 is 74.9. The van der Waals surface area contributed by atoms with E-state index >= 15 is 8.78 Å². The number of hydrogen-bond donors (Lipinski definition) is 4. The molecule has 5 N–H and O–H groups in total. The highest BCUT2D eigenvalue weighted by Crippen LogP contribution is 2.57. The number of nitrogens with zero attached hydrogens (tertiary/aromatic N) is 7. The molecule has 2 saturated heterocycles. The third-order valence-corrected chi connectivity index (χ3v) is 9.19. The van der Waals surface area contributed by atoms with Crippen molar-refractivity contribution in [3.8, 4) is 0 Å². The molecule has 0 spiro atoms. The van der Waals surface area contributed by atoms with E-state index in [-0.39, 0.29) is 47.1 Å². The standard InChI is InChI=1S/C22H26F2N10O8P2S/c23-11-8(1-2-35)20(33-6-29-13-16(25)27-5-28-17(13)33)40-9(11)4-39-44(37,45)42-15-10(3-38-43)41-21(12(15)24)34-7-30-14-18(34)31-22(26)32-19(14)36/h2,5-12,15,20-21H,1,3-4,43H2,(H,37,45)(H2,25,27,28)(H3,26,31,32,36)/t8-,9-,10-,11+,12-,15-,20-,21-,44-/m1/s1. The van der Waals surface area contributed by atoms with E-state index in [0.717, 1.165) is 10.9 Å². The van der Waals surface area contributed by atoms with Gasteiger partial charge in [-0.2, -0.15) is 4.98 Å². The van der Waals surface area contributed by atoms with Crippen LogP contribution in [0.25, 0.3) is 22.3 Å². The molecule has 2 aliphatic heterocycles. The number of nitrogen functional groups attached to an aromatic ring is 2. The number of alkyl halides is 2. The van der Waals surface area contributed by atoms with E-state index in [9.17, 15) is 14.2 Å². The number of nitrogens with one attached hydrogen (secondary N) is 1. The summed E-state index contributed by atoms with van der Waals surface area (Å²) in [4.78, 5) is 46.0. The molecule has 18 nitrogen and oxygen atoms in total. The topological polar surface area (TPSA) is 240 Å². The van der Waals surface area contributed by atoms with Gasteiger partial charge < -0.3 is 30.3 Å². The van der Waals surface area contributed by atoms with E-state index in [0.29, 0.717) is 6.29 Å². The molecule has 4 aromatic heterocycles. The normalized spacial score (nSPS) is 29.9. The van der Waals surface area contributed by atoms with Gasteiger partial charge in [0.1, 0.15) is 48.8 Å². The van der Waals surface area contributed by atoms with Gasteiger partial charge in [-0.15, -0.1) is 0 Å². The first-order valence-corrected chi connectivity index (χ1v) is 16.3. The van der Waals surface area contributed by atoms with Gasteiger partial charge in [0.2, 0.25) is 5.95 Å². The number of H-pyrrole nitrogens is 1. The SMILES string of the molecule is Nc1nc2c(ncn2[C@@H]2O[C@H](COP)[C@@H](O[P@](=O)(S)OC[C@H]3O[C@@H](n4cnc5c(N)ncnc54)[C@H](CC=O)[C@@H]3F)[C@H]2F)c(=O)[nH]1. The lowest BCUT2D eigenvalue weighted by molar-refractivity contribution is -0.109. The fraction of sp³-hybridized carbons (Fsp3) is 0.500. The Hall–Kier alpha value is -3.16. The summed E-state index contributed by atoms with van der Waals surface area (Å²) in [6.45, 7) is -5.30. The zero-order valence-corrected chi connectivity index (χ0v) is 25.8. The lowest BCUT2D eigenvalue weighted by Gasteiger charge is -2.23. The number of halogens is 2. The fourth-order valence-corrected chi connectivity index (χ4v) is 7.03. The van der Waals surface area contributed by atoms with Crippen molar-refractivity contribution < 1.29 is 41.2 Å². The van der Waals surface area contributed by atoms with E-state index in [4.69, 9.17) is 34.5 Å². The van der Waals surface area contributed by atoms with Crippen molar-refractivity contribution >= 4 is 68.9 Å². The number of ether oxygens (including phenoxy) is 2. The first-order valence-electron chi connectivity index (χ1n) is 13.2. The van der Waals surface area contributed by atoms with Crippen LogP contribution >= 0.6 is 28.5 Å². The van der Waals surface area contributed by atoms with Crippen LogP contribution in [0.15, 0.2) is 23.8 Å². The Bertz CT molecular complexity index is 1830. The Labute approximate surface area is 258 Å². The lowest BCUT2D eigenvalue weighted by atomic mass is 9.98. The smallest absolute Gasteiger partial charge is 0.382 e. The molecular formula is C22H26F2N10O8P2S. The minimum Gasteiger partial charge on any atom is -0.382 e. The molecule has 10 atom stereocenters. The molecule has 2 aliphatic rings.